The maximum absolute atomic E-state index is 12.3. The molecule has 2 rings (SSSR count). The largest absolute Gasteiger partial charge is 0.495 e. The zero-order valence-corrected chi connectivity index (χ0v) is 13.3. The van der Waals surface area contributed by atoms with Gasteiger partial charge in [-0.3, -0.25) is 4.68 Å². The quantitative estimate of drug-likeness (QED) is 0.889. The molecule has 0 spiro atoms. The van der Waals surface area contributed by atoms with Gasteiger partial charge in [0.05, 0.1) is 35.5 Å². The maximum Gasteiger partial charge on any atom is 0.240 e. The highest BCUT2D eigenvalue weighted by molar-refractivity contribution is 7.89. The standard InChI is InChI=1S/C14H16N4O3S/c1-10-6-12(18(2)17-10)9-16-22(19,20)13-4-5-14(21-3)11(7-13)8-15/h4-7,16H,9H2,1-3H3. The van der Waals surface area contributed by atoms with E-state index in [2.05, 4.69) is 9.82 Å². The summed E-state index contributed by atoms with van der Waals surface area (Å²) in [5, 5.41) is 13.2. The molecule has 0 aliphatic carbocycles. The fraction of sp³-hybridized carbons (Fsp3) is 0.286. The Kier molecular flexibility index (Phi) is 4.49. The van der Waals surface area contributed by atoms with Crippen molar-refractivity contribution in [3.05, 3.63) is 41.2 Å². The van der Waals surface area contributed by atoms with Crippen molar-refractivity contribution in [3.63, 3.8) is 0 Å². The van der Waals surface area contributed by atoms with Gasteiger partial charge in [-0.2, -0.15) is 10.4 Å². The third-order valence-electron chi connectivity index (χ3n) is 3.14. The first-order valence-corrected chi connectivity index (χ1v) is 7.93. The summed E-state index contributed by atoms with van der Waals surface area (Å²) in [5.41, 5.74) is 1.73. The van der Waals surface area contributed by atoms with E-state index in [1.165, 1.54) is 25.3 Å². The second kappa shape index (κ2) is 6.17. The number of methoxy groups -OCH3 is 1. The molecule has 0 saturated carbocycles. The van der Waals surface area contributed by atoms with Crippen LogP contribution in [-0.2, 0) is 23.6 Å². The first-order valence-electron chi connectivity index (χ1n) is 6.44. The van der Waals surface area contributed by atoms with Gasteiger partial charge < -0.3 is 4.74 Å². The number of ether oxygens (including phenoxy) is 1. The Morgan fingerprint density at radius 1 is 1.41 bits per heavy atom. The zero-order chi connectivity index (χ0) is 16.3. The van der Waals surface area contributed by atoms with Crippen LogP contribution < -0.4 is 9.46 Å². The normalized spacial score (nSPS) is 11.2. The van der Waals surface area contributed by atoms with E-state index in [1.54, 1.807) is 17.8 Å². The molecule has 0 unspecified atom stereocenters. The minimum atomic E-state index is -3.72. The number of aromatic nitrogens is 2. The molecule has 1 N–H and O–H groups in total. The first kappa shape index (κ1) is 16.0. The molecule has 0 radical (unpaired) electrons. The Hall–Kier alpha value is -2.37. The highest BCUT2D eigenvalue weighted by Gasteiger charge is 2.17. The van der Waals surface area contributed by atoms with Gasteiger partial charge in [0.15, 0.2) is 0 Å². The molecular weight excluding hydrogens is 304 g/mol. The predicted octanol–water partition coefficient (Wildman–Crippen LogP) is 1.09. The van der Waals surface area contributed by atoms with Crippen molar-refractivity contribution < 1.29 is 13.2 Å². The van der Waals surface area contributed by atoms with Crippen LogP contribution in [0.3, 0.4) is 0 Å². The smallest absolute Gasteiger partial charge is 0.240 e. The van der Waals surface area contributed by atoms with Crippen LogP contribution in [0.4, 0.5) is 0 Å². The second-order valence-corrected chi connectivity index (χ2v) is 6.47. The van der Waals surface area contributed by atoms with Crippen LogP contribution >= 0.6 is 0 Å². The third-order valence-corrected chi connectivity index (χ3v) is 4.54. The van der Waals surface area contributed by atoms with Crippen molar-refractivity contribution in [2.45, 2.75) is 18.4 Å². The van der Waals surface area contributed by atoms with E-state index in [0.29, 0.717) is 5.75 Å². The van der Waals surface area contributed by atoms with E-state index in [1.807, 2.05) is 13.0 Å². The fourth-order valence-electron chi connectivity index (χ4n) is 2.02. The minimum absolute atomic E-state index is 0.0174. The van der Waals surface area contributed by atoms with Crippen LogP contribution in [-0.4, -0.2) is 25.3 Å². The van der Waals surface area contributed by atoms with Crippen molar-refractivity contribution in [2.24, 2.45) is 7.05 Å². The summed E-state index contributed by atoms with van der Waals surface area (Å²) in [6.07, 6.45) is 0. The number of rotatable bonds is 5. The third kappa shape index (κ3) is 3.27. The van der Waals surface area contributed by atoms with Gasteiger partial charge >= 0.3 is 0 Å². The van der Waals surface area contributed by atoms with Crippen LogP contribution in [0.15, 0.2) is 29.2 Å². The number of hydrogen-bond acceptors (Lipinski definition) is 5. The van der Waals surface area contributed by atoms with E-state index in [9.17, 15) is 8.42 Å². The van der Waals surface area contributed by atoms with E-state index in [4.69, 9.17) is 10.00 Å². The van der Waals surface area contributed by atoms with Crippen molar-refractivity contribution in [1.82, 2.24) is 14.5 Å². The Morgan fingerprint density at radius 2 is 2.14 bits per heavy atom. The summed E-state index contributed by atoms with van der Waals surface area (Å²) in [4.78, 5) is 0.0174. The summed E-state index contributed by atoms with van der Waals surface area (Å²) >= 11 is 0. The van der Waals surface area contributed by atoms with Gasteiger partial charge in [-0.1, -0.05) is 0 Å². The van der Waals surface area contributed by atoms with Gasteiger partial charge in [-0.25, -0.2) is 13.1 Å². The lowest BCUT2D eigenvalue weighted by Crippen LogP contribution is -2.24. The van der Waals surface area contributed by atoms with E-state index < -0.39 is 10.0 Å². The molecule has 0 aliphatic heterocycles. The molecule has 0 amide bonds. The lowest BCUT2D eigenvalue weighted by Gasteiger charge is -2.09. The predicted molar refractivity (Wildman–Crippen MR) is 79.7 cm³/mol. The molecule has 0 atom stereocenters. The lowest BCUT2D eigenvalue weighted by molar-refractivity contribution is 0.413. The first-order chi connectivity index (χ1) is 10.4. The molecule has 0 fully saturated rings. The summed E-state index contributed by atoms with van der Waals surface area (Å²) in [7, 11) is -0.550. The van der Waals surface area contributed by atoms with Gasteiger partial charge in [0, 0.05) is 7.05 Å². The fourth-order valence-corrected chi connectivity index (χ4v) is 3.05. The highest BCUT2D eigenvalue weighted by Crippen LogP contribution is 2.21. The van der Waals surface area contributed by atoms with Crippen molar-refractivity contribution in [1.29, 1.82) is 5.26 Å². The molecule has 1 aromatic heterocycles. The van der Waals surface area contributed by atoms with Crippen molar-refractivity contribution >= 4 is 10.0 Å². The summed E-state index contributed by atoms with van der Waals surface area (Å²) in [5.74, 6) is 0.337. The molecule has 1 heterocycles. The number of hydrogen-bond donors (Lipinski definition) is 1. The van der Waals surface area contributed by atoms with Gasteiger partial charge in [0.25, 0.3) is 0 Å². The van der Waals surface area contributed by atoms with E-state index in [0.717, 1.165) is 11.4 Å². The Labute approximate surface area is 129 Å². The summed E-state index contributed by atoms with van der Waals surface area (Å²) < 4.78 is 33.7. The van der Waals surface area contributed by atoms with Crippen LogP contribution in [0.2, 0.25) is 0 Å². The Bertz CT molecular complexity index is 834. The molecule has 0 aliphatic rings. The number of nitrogens with zero attached hydrogens (tertiary/aromatic N) is 3. The molecule has 116 valence electrons. The van der Waals surface area contributed by atoms with Crippen LogP contribution in [0.25, 0.3) is 0 Å². The summed E-state index contributed by atoms with van der Waals surface area (Å²) in [6, 6.07) is 7.86. The number of nitrogens with one attached hydrogen (secondary N) is 1. The lowest BCUT2D eigenvalue weighted by atomic mass is 10.2. The van der Waals surface area contributed by atoms with Gasteiger partial charge in [-0.15, -0.1) is 0 Å². The Balaban J connectivity index is 2.24. The topological polar surface area (TPSA) is 97.0 Å². The van der Waals surface area contributed by atoms with E-state index >= 15 is 0 Å². The number of nitriles is 1. The second-order valence-electron chi connectivity index (χ2n) is 4.70. The monoisotopic (exact) mass is 320 g/mol. The average Bonchev–Trinajstić information content (AvgIpc) is 2.82. The molecular formula is C14H16N4O3S. The maximum atomic E-state index is 12.3. The van der Waals surface area contributed by atoms with Gasteiger partial charge in [-0.05, 0) is 31.2 Å². The average molecular weight is 320 g/mol. The van der Waals surface area contributed by atoms with Gasteiger partial charge in [0.1, 0.15) is 11.8 Å². The molecule has 22 heavy (non-hydrogen) atoms. The van der Waals surface area contributed by atoms with Crippen molar-refractivity contribution in [2.75, 3.05) is 7.11 Å². The number of sulfonamides is 1. The summed E-state index contributed by atoms with van der Waals surface area (Å²) in [6.45, 7) is 1.95. The number of benzene rings is 1. The molecule has 2 aromatic rings. The Morgan fingerprint density at radius 3 is 2.68 bits per heavy atom. The van der Waals surface area contributed by atoms with Crippen LogP contribution in [0, 0.1) is 18.3 Å². The molecule has 0 bridgehead atoms. The van der Waals surface area contributed by atoms with Crippen molar-refractivity contribution in [3.8, 4) is 11.8 Å². The molecule has 8 heteroatoms. The SMILES string of the molecule is COc1ccc(S(=O)(=O)NCc2cc(C)nn2C)cc1C#N. The van der Waals surface area contributed by atoms with Crippen LogP contribution in [0.5, 0.6) is 5.75 Å². The highest BCUT2D eigenvalue weighted by atomic mass is 32.2. The minimum Gasteiger partial charge on any atom is -0.495 e. The van der Waals surface area contributed by atoms with Gasteiger partial charge in [0.2, 0.25) is 10.0 Å². The number of aryl methyl sites for hydroxylation is 2. The zero-order valence-electron chi connectivity index (χ0n) is 12.5. The molecule has 0 saturated heterocycles. The molecule has 1 aromatic carbocycles. The van der Waals surface area contributed by atoms with Crippen LogP contribution in [0.1, 0.15) is 17.0 Å². The molecule has 7 nitrogen and oxygen atoms in total. The van der Waals surface area contributed by atoms with E-state index in [-0.39, 0.29) is 17.0 Å².